The summed E-state index contributed by atoms with van der Waals surface area (Å²) >= 11 is 0. The van der Waals surface area contributed by atoms with Crippen LogP contribution in [-0.4, -0.2) is 41.2 Å². The maximum absolute atomic E-state index is 12.9. The van der Waals surface area contributed by atoms with Crippen LogP contribution in [-0.2, 0) is 35.6 Å². The molecule has 2 aromatic rings. The maximum Gasteiger partial charge on any atom is 0.255 e. The van der Waals surface area contributed by atoms with E-state index in [1.165, 1.54) is 11.1 Å². The number of fused-ring (bicyclic) bond motifs is 2. The molecule has 2 unspecified atom stereocenters. The average Bonchev–Trinajstić information content (AvgIpc) is 3.11. The molecule has 0 spiro atoms. The second-order valence-electron chi connectivity index (χ2n) is 8.52. The zero-order chi connectivity index (χ0) is 21.4. The topological polar surface area (TPSA) is 90.5 Å². The summed E-state index contributed by atoms with van der Waals surface area (Å²) in [4.78, 5) is 38.3. The molecule has 3 N–H and O–H groups in total. The number of amides is 3. The Hall–Kier alpha value is -3.03. The largest absolute Gasteiger partial charge is 0.322 e. The monoisotopic (exact) mass is 418 g/mol. The van der Waals surface area contributed by atoms with Crippen LogP contribution >= 0.6 is 0 Å². The number of hydrogen-bond acceptors (Lipinski definition) is 5. The van der Waals surface area contributed by atoms with Gasteiger partial charge in [-0.1, -0.05) is 36.4 Å². The molecule has 0 saturated carbocycles. The molecule has 7 nitrogen and oxygen atoms in total. The van der Waals surface area contributed by atoms with Crippen molar-refractivity contribution in [3.8, 4) is 0 Å². The number of rotatable bonds is 5. The van der Waals surface area contributed by atoms with Gasteiger partial charge in [-0.3, -0.25) is 19.7 Å². The smallest absolute Gasteiger partial charge is 0.255 e. The normalized spacial score (nSPS) is 22.8. The molecule has 1 saturated heterocycles. The van der Waals surface area contributed by atoms with Crippen molar-refractivity contribution < 1.29 is 14.4 Å². The van der Waals surface area contributed by atoms with E-state index in [0.29, 0.717) is 31.1 Å². The lowest BCUT2D eigenvalue weighted by Crippen LogP contribution is -2.52. The highest BCUT2D eigenvalue weighted by molar-refractivity contribution is 6.05. The SMILES string of the molecule is O=C1CCC(N2Cc3c(CNCC4Cc5ccccc5CN4)cccc3C2=O)C(=O)N1. The van der Waals surface area contributed by atoms with Crippen LogP contribution in [0.3, 0.4) is 0 Å². The number of carbonyl (C=O) groups excluding carboxylic acids is 3. The third-order valence-corrected chi connectivity index (χ3v) is 6.55. The van der Waals surface area contributed by atoms with Crippen molar-refractivity contribution in [1.29, 1.82) is 0 Å². The van der Waals surface area contributed by atoms with Gasteiger partial charge in [-0.2, -0.15) is 0 Å². The first-order chi connectivity index (χ1) is 15.1. The van der Waals surface area contributed by atoms with Crippen LogP contribution in [0.25, 0.3) is 0 Å². The molecule has 0 radical (unpaired) electrons. The molecule has 7 heteroatoms. The molecular formula is C24H26N4O3. The van der Waals surface area contributed by atoms with Crippen LogP contribution in [0.5, 0.6) is 0 Å². The summed E-state index contributed by atoms with van der Waals surface area (Å²) in [6.45, 7) is 2.80. The Morgan fingerprint density at radius 1 is 1.03 bits per heavy atom. The molecule has 2 atom stereocenters. The standard InChI is InChI=1S/C24H26N4O3/c29-22-9-8-21(23(30)27-22)28-14-20-17(6-3-7-19(20)24(28)31)11-25-13-18-10-15-4-1-2-5-16(15)12-26-18/h1-7,18,21,25-26H,8-14H2,(H,27,29,30). The number of nitrogens with one attached hydrogen (secondary N) is 3. The molecule has 160 valence electrons. The number of imide groups is 1. The summed E-state index contributed by atoms with van der Waals surface area (Å²) in [5, 5.41) is 9.48. The van der Waals surface area contributed by atoms with Crippen LogP contribution < -0.4 is 16.0 Å². The van der Waals surface area contributed by atoms with Crippen molar-refractivity contribution >= 4 is 17.7 Å². The summed E-state index contributed by atoms with van der Waals surface area (Å²) < 4.78 is 0. The molecule has 0 aliphatic carbocycles. The molecule has 5 rings (SSSR count). The third kappa shape index (κ3) is 3.86. The molecule has 1 fully saturated rings. The van der Waals surface area contributed by atoms with Gasteiger partial charge < -0.3 is 15.5 Å². The highest BCUT2D eigenvalue weighted by Gasteiger charge is 2.39. The van der Waals surface area contributed by atoms with E-state index < -0.39 is 6.04 Å². The summed E-state index contributed by atoms with van der Waals surface area (Å²) in [6.07, 6.45) is 1.65. The Balaban J connectivity index is 1.23. The van der Waals surface area contributed by atoms with Crippen LogP contribution in [0.2, 0.25) is 0 Å². The van der Waals surface area contributed by atoms with Crippen LogP contribution in [0.4, 0.5) is 0 Å². The molecular weight excluding hydrogens is 392 g/mol. The second-order valence-corrected chi connectivity index (χ2v) is 8.52. The number of benzene rings is 2. The lowest BCUT2D eigenvalue weighted by atomic mass is 9.96. The van der Waals surface area contributed by atoms with Gasteiger partial charge in [0.2, 0.25) is 11.8 Å². The Bertz CT molecular complexity index is 1050. The van der Waals surface area contributed by atoms with Gasteiger partial charge >= 0.3 is 0 Å². The zero-order valence-corrected chi connectivity index (χ0v) is 17.3. The molecule has 0 bridgehead atoms. The zero-order valence-electron chi connectivity index (χ0n) is 17.3. The van der Waals surface area contributed by atoms with Gasteiger partial charge in [-0.05, 0) is 41.2 Å². The molecule has 31 heavy (non-hydrogen) atoms. The van der Waals surface area contributed by atoms with Crippen molar-refractivity contribution in [2.75, 3.05) is 6.54 Å². The van der Waals surface area contributed by atoms with Crippen LogP contribution in [0, 0.1) is 0 Å². The quantitative estimate of drug-likeness (QED) is 0.636. The van der Waals surface area contributed by atoms with Gasteiger partial charge in [-0.15, -0.1) is 0 Å². The van der Waals surface area contributed by atoms with E-state index in [1.54, 1.807) is 4.90 Å². The first-order valence-corrected chi connectivity index (χ1v) is 10.9. The Morgan fingerprint density at radius 2 is 1.87 bits per heavy atom. The van der Waals surface area contributed by atoms with Gasteiger partial charge in [-0.25, -0.2) is 0 Å². The average molecular weight is 418 g/mol. The van der Waals surface area contributed by atoms with E-state index >= 15 is 0 Å². The van der Waals surface area contributed by atoms with E-state index in [1.807, 2.05) is 18.2 Å². The number of nitrogens with zero attached hydrogens (tertiary/aromatic N) is 1. The van der Waals surface area contributed by atoms with E-state index in [-0.39, 0.29) is 24.1 Å². The fourth-order valence-corrected chi connectivity index (χ4v) is 4.86. The lowest BCUT2D eigenvalue weighted by molar-refractivity contribution is -0.136. The predicted molar refractivity (Wildman–Crippen MR) is 115 cm³/mol. The van der Waals surface area contributed by atoms with Gasteiger partial charge in [0.25, 0.3) is 5.91 Å². The number of piperidine rings is 1. The van der Waals surface area contributed by atoms with Crippen molar-refractivity contribution in [2.45, 2.75) is 51.0 Å². The van der Waals surface area contributed by atoms with Crippen molar-refractivity contribution in [3.63, 3.8) is 0 Å². The van der Waals surface area contributed by atoms with Gasteiger partial charge in [0.1, 0.15) is 6.04 Å². The molecule has 3 heterocycles. The second kappa shape index (κ2) is 8.24. The third-order valence-electron chi connectivity index (χ3n) is 6.55. The molecule has 3 amide bonds. The Labute approximate surface area is 181 Å². The van der Waals surface area contributed by atoms with Crippen molar-refractivity contribution in [3.05, 3.63) is 70.3 Å². The molecule has 3 aliphatic rings. The highest BCUT2D eigenvalue weighted by Crippen LogP contribution is 2.29. The van der Waals surface area contributed by atoms with E-state index in [2.05, 4.69) is 40.2 Å². The van der Waals surface area contributed by atoms with Crippen molar-refractivity contribution in [2.24, 2.45) is 0 Å². The Morgan fingerprint density at radius 3 is 2.71 bits per heavy atom. The molecule has 2 aromatic carbocycles. The van der Waals surface area contributed by atoms with Crippen LogP contribution in [0.1, 0.15) is 45.5 Å². The predicted octanol–water partition coefficient (Wildman–Crippen LogP) is 1.25. The minimum absolute atomic E-state index is 0.128. The molecule has 0 aromatic heterocycles. The van der Waals surface area contributed by atoms with Crippen LogP contribution in [0.15, 0.2) is 42.5 Å². The maximum atomic E-state index is 12.9. The van der Waals surface area contributed by atoms with E-state index in [9.17, 15) is 14.4 Å². The molecule has 3 aliphatic heterocycles. The fraction of sp³-hybridized carbons (Fsp3) is 0.375. The van der Waals surface area contributed by atoms with Crippen molar-refractivity contribution in [1.82, 2.24) is 20.9 Å². The lowest BCUT2D eigenvalue weighted by Gasteiger charge is -2.29. The van der Waals surface area contributed by atoms with Gasteiger partial charge in [0.15, 0.2) is 0 Å². The summed E-state index contributed by atoms with van der Waals surface area (Å²) in [5.74, 6) is -0.771. The van der Waals surface area contributed by atoms with Gasteiger partial charge in [0, 0.05) is 44.2 Å². The van der Waals surface area contributed by atoms with E-state index in [0.717, 1.165) is 30.6 Å². The first kappa shape index (κ1) is 19.9. The number of hydrogen-bond donors (Lipinski definition) is 3. The minimum atomic E-state index is -0.579. The minimum Gasteiger partial charge on any atom is -0.322 e. The highest BCUT2D eigenvalue weighted by atomic mass is 16.2. The van der Waals surface area contributed by atoms with Gasteiger partial charge in [0.05, 0.1) is 0 Å². The Kier molecular flexibility index (Phi) is 5.29. The summed E-state index contributed by atoms with van der Waals surface area (Å²) in [7, 11) is 0. The summed E-state index contributed by atoms with van der Waals surface area (Å²) in [6, 6.07) is 14.1. The first-order valence-electron chi connectivity index (χ1n) is 10.9. The fourth-order valence-electron chi connectivity index (χ4n) is 4.86. The summed E-state index contributed by atoms with van der Waals surface area (Å²) in [5.41, 5.74) is 5.49. The number of carbonyl (C=O) groups is 3. The van der Waals surface area contributed by atoms with E-state index in [4.69, 9.17) is 0 Å².